The van der Waals surface area contributed by atoms with Crippen LogP contribution in [0.2, 0.25) is 0 Å². The van der Waals surface area contributed by atoms with Crippen LogP contribution in [0.25, 0.3) is 0 Å². The minimum atomic E-state index is -0.541. The Balaban J connectivity index is 1.33. The SMILES string of the molecule is O=C(CN(c1ccccc1)c1ccccc1)NC1CCN(C(c2ccccc2)c2ccccc2)C1=O. The number of hydrogen-bond acceptors (Lipinski definition) is 3. The van der Waals surface area contributed by atoms with Gasteiger partial charge in [-0.3, -0.25) is 9.59 Å². The van der Waals surface area contributed by atoms with Crippen molar-refractivity contribution >= 4 is 23.2 Å². The summed E-state index contributed by atoms with van der Waals surface area (Å²) in [5, 5.41) is 3.01. The lowest BCUT2D eigenvalue weighted by molar-refractivity contribution is -0.133. The monoisotopic (exact) mass is 475 g/mol. The topological polar surface area (TPSA) is 52.7 Å². The summed E-state index contributed by atoms with van der Waals surface area (Å²) in [4.78, 5) is 30.6. The molecule has 5 heteroatoms. The van der Waals surface area contributed by atoms with Crippen molar-refractivity contribution < 1.29 is 9.59 Å². The number of anilines is 2. The average Bonchev–Trinajstić information content (AvgIpc) is 3.29. The fourth-order valence-electron chi connectivity index (χ4n) is 4.85. The Morgan fingerprint density at radius 3 is 1.67 bits per heavy atom. The van der Waals surface area contributed by atoms with Crippen LogP contribution in [-0.4, -0.2) is 35.8 Å². The number of nitrogens with zero attached hydrogens (tertiary/aromatic N) is 2. The predicted octanol–water partition coefficient (Wildman–Crippen LogP) is 5.33. The normalized spacial score (nSPS) is 15.2. The van der Waals surface area contributed by atoms with Gasteiger partial charge in [-0.15, -0.1) is 0 Å². The Kier molecular flexibility index (Phi) is 7.08. The van der Waals surface area contributed by atoms with Crippen molar-refractivity contribution in [3.8, 4) is 0 Å². The third-order valence-corrected chi connectivity index (χ3v) is 6.55. The van der Waals surface area contributed by atoms with Crippen LogP contribution in [0.1, 0.15) is 23.6 Å². The van der Waals surface area contributed by atoms with Crippen molar-refractivity contribution in [3.63, 3.8) is 0 Å². The van der Waals surface area contributed by atoms with E-state index in [0.29, 0.717) is 13.0 Å². The van der Waals surface area contributed by atoms with Crippen molar-refractivity contribution in [2.45, 2.75) is 18.5 Å². The van der Waals surface area contributed by atoms with E-state index in [1.54, 1.807) is 0 Å². The largest absolute Gasteiger partial charge is 0.343 e. The summed E-state index contributed by atoms with van der Waals surface area (Å²) < 4.78 is 0. The standard InChI is InChI=1S/C31H29N3O2/c35-29(23-34(26-17-9-3-10-18-26)27-19-11-4-12-20-27)32-28-21-22-33(31(28)36)30(24-13-5-1-6-14-24)25-15-7-2-8-16-25/h1-20,28,30H,21-23H2,(H,32,35). The van der Waals surface area contributed by atoms with Gasteiger partial charge in [-0.25, -0.2) is 0 Å². The van der Waals surface area contributed by atoms with Crippen LogP contribution in [0.3, 0.4) is 0 Å². The fraction of sp³-hybridized carbons (Fsp3) is 0.161. The smallest absolute Gasteiger partial charge is 0.246 e. The van der Waals surface area contributed by atoms with Gasteiger partial charge in [0.25, 0.3) is 0 Å². The molecule has 0 saturated carbocycles. The van der Waals surface area contributed by atoms with Crippen LogP contribution in [0.15, 0.2) is 121 Å². The molecule has 1 atom stereocenters. The summed E-state index contributed by atoms with van der Waals surface area (Å²) in [7, 11) is 0. The van der Waals surface area contributed by atoms with Gasteiger partial charge in [-0.2, -0.15) is 0 Å². The number of nitrogens with one attached hydrogen (secondary N) is 1. The summed E-state index contributed by atoms with van der Waals surface area (Å²) >= 11 is 0. The molecule has 0 aliphatic carbocycles. The third kappa shape index (κ3) is 5.15. The number of carbonyl (C=O) groups is 2. The van der Waals surface area contributed by atoms with E-state index >= 15 is 0 Å². The molecule has 0 spiro atoms. The maximum atomic E-state index is 13.6. The van der Waals surface area contributed by atoms with Crippen molar-refractivity contribution in [2.24, 2.45) is 0 Å². The van der Waals surface area contributed by atoms with Gasteiger partial charge in [0.2, 0.25) is 11.8 Å². The summed E-state index contributed by atoms with van der Waals surface area (Å²) in [6.45, 7) is 0.706. The van der Waals surface area contributed by atoms with E-state index in [1.807, 2.05) is 107 Å². The molecule has 0 aromatic heterocycles. The zero-order valence-corrected chi connectivity index (χ0v) is 20.0. The lowest BCUT2D eigenvalue weighted by Gasteiger charge is -2.29. The maximum Gasteiger partial charge on any atom is 0.246 e. The van der Waals surface area contributed by atoms with E-state index in [1.165, 1.54) is 0 Å². The zero-order chi connectivity index (χ0) is 24.7. The van der Waals surface area contributed by atoms with Crippen LogP contribution in [-0.2, 0) is 9.59 Å². The molecule has 1 fully saturated rings. The molecule has 5 nitrogen and oxygen atoms in total. The fourth-order valence-corrected chi connectivity index (χ4v) is 4.85. The van der Waals surface area contributed by atoms with Crippen LogP contribution in [0.4, 0.5) is 11.4 Å². The molecule has 4 aromatic rings. The van der Waals surface area contributed by atoms with Crippen molar-refractivity contribution in [3.05, 3.63) is 132 Å². The van der Waals surface area contributed by atoms with Crippen molar-refractivity contribution in [1.29, 1.82) is 0 Å². The second kappa shape index (κ2) is 10.9. The van der Waals surface area contributed by atoms with E-state index in [4.69, 9.17) is 0 Å². The van der Waals surface area contributed by atoms with Gasteiger partial charge in [-0.05, 0) is 41.8 Å². The van der Waals surface area contributed by atoms with E-state index in [0.717, 1.165) is 22.5 Å². The van der Waals surface area contributed by atoms with Gasteiger partial charge in [0.15, 0.2) is 0 Å². The van der Waals surface area contributed by atoms with Crippen LogP contribution < -0.4 is 10.2 Å². The Labute approximate surface area is 212 Å². The lowest BCUT2D eigenvalue weighted by Crippen LogP contribution is -2.45. The Morgan fingerprint density at radius 2 is 1.19 bits per heavy atom. The highest BCUT2D eigenvalue weighted by Crippen LogP contribution is 2.32. The molecular formula is C31H29N3O2. The van der Waals surface area contributed by atoms with Crippen molar-refractivity contribution in [2.75, 3.05) is 18.0 Å². The molecule has 1 aliphatic heterocycles. The first kappa shape index (κ1) is 23.4. The molecule has 1 aliphatic rings. The lowest BCUT2D eigenvalue weighted by atomic mass is 9.97. The molecule has 36 heavy (non-hydrogen) atoms. The molecule has 5 rings (SSSR count). The molecule has 2 amide bonds. The Hall–Kier alpha value is -4.38. The van der Waals surface area contributed by atoms with E-state index in [2.05, 4.69) is 29.6 Å². The number of rotatable bonds is 8. The first-order chi connectivity index (χ1) is 17.7. The number of amides is 2. The molecule has 1 heterocycles. The molecule has 180 valence electrons. The first-order valence-corrected chi connectivity index (χ1v) is 12.3. The van der Waals surface area contributed by atoms with Crippen molar-refractivity contribution in [1.82, 2.24) is 10.2 Å². The molecule has 1 N–H and O–H groups in total. The number of hydrogen-bond donors (Lipinski definition) is 1. The van der Waals surface area contributed by atoms with Gasteiger partial charge < -0.3 is 15.1 Å². The maximum absolute atomic E-state index is 13.6. The molecule has 4 aromatic carbocycles. The summed E-state index contributed by atoms with van der Waals surface area (Å²) in [5.41, 5.74) is 3.96. The van der Waals surface area contributed by atoms with E-state index < -0.39 is 6.04 Å². The molecule has 1 saturated heterocycles. The van der Waals surface area contributed by atoms with Gasteiger partial charge in [0, 0.05) is 17.9 Å². The summed E-state index contributed by atoms with van der Waals surface area (Å²) in [6, 6.07) is 39.0. The third-order valence-electron chi connectivity index (χ3n) is 6.55. The Bertz CT molecular complexity index is 1200. The first-order valence-electron chi connectivity index (χ1n) is 12.3. The highest BCUT2D eigenvalue weighted by molar-refractivity contribution is 5.92. The number of likely N-dealkylation sites (tertiary alicyclic amines) is 1. The molecule has 1 unspecified atom stereocenters. The quantitative estimate of drug-likeness (QED) is 0.375. The minimum Gasteiger partial charge on any atom is -0.343 e. The highest BCUT2D eigenvalue weighted by atomic mass is 16.2. The Morgan fingerprint density at radius 1 is 0.750 bits per heavy atom. The molecule has 0 bridgehead atoms. The number of carbonyl (C=O) groups excluding carboxylic acids is 2. The molecular weight excluding hydrogens is 446 g/mol. The van der Waals surface area contributed by atoms with Crippen LogP contribution >= 0.6 is 0 Å². The highest BCUT2D eigenvalue weighted by Gasteiger charge is 2.38. The van der Waals surface area contributed by atoms with Gasteiger partial charge in [-0.1, -0.05) is 97.1 Å². The second-order valence-electron chi connectivity index (χ2n) is 8.92. The predicted molar refractivity (Wildman–Crippen MR) is 143 cm³/mol. The summed E-state index contributed by atoms with van der Waals surface area (Å²) in [5.74, 6) is -0.231. The van der Waals surface area contributed by atoms with Crippen LogP contribution in [0.5, 0.6) is 0 Å². The number of para-hydroxylation sites is 2. The van der Waals surface area contributed by atoms with E-state index in [9.17, 15) is 9.59 Å². The molecule has 0 radical (unpaired) electrons. The van der Waals surface area contributed by atoms with Gasteiger partial charge >= 0.3 is 0 Å². The van der Waals surface area contributed by atoms with E-state index in [-0.39, 0.29) is 24.4 Å². The van der Waals surface area contributed by atoms with Gasteiger partial charge in [0.05, 0.1) is 6.04 Å². The summed E-state index contributed by atoms with van der Waals surface area (Å²) in [6.07, 6.45) is 0.581. The second-order valence-corrected chi connectivity index (χ2v) is 8.92. The number of benzene rings is 4. The minimum absolute atomic E-state index is 0.0490. The zero-order valence-electron chi connectivity index (χ0n) is 20.0. The average molecular weight is 476 g/mol. The van der Waals surface area contributed by atoms with Gasteiger partial charge in [0.1, 0.15) is 12.6 Å². The van der Waals surface area contributed by atoms with Crippen LogP contribution in [0, 0.1) is 0 Å².